The SMILES string of the molecule is Cc1ccc(C)c(S(=O)(=O)N2CCN(C(=O)c3ccc4c(c3)CC(C)N4S(C)(=O)=O)CC2)c1. The van der Waals surface area contributed by atoms with Crippen molar-refractivity contribution in [1.82, 2.24) is 9.21 Å². The number of aryl methyl sites for hydroxylation is 2. The maximum absolute atomic E-state index is 13.1. The van der Waals surface area contributed by atoms with Gasteiger partial charge in [0.2, 0.25) is 20.0 Å². The molecule has 0 bridgehead atoms. The Morgan fingerprint density at radius 3 is 2.24 bits per heavy atom. The molecule has 0 aliphatic carbocycles. The quantitative estimate of drug-likeness (QED) is 0.653. The lowest BCUT2D eigenvalue weighted by Crippen LogP contribution is -2.50. The lowest BCUT2D eigenvalue weighted by atomic mass is 10.1. The first-order chi connectivity index (χ1) is 15.4. The highest BCUT2D eigenvalue weighted by molar-refractivity contribution is 7.92. The Labute approximate surface area is 195 Å². The third kappa shape index (κ3) is 4.39. The maximum Gasteiger partial charge on any atom is 0.253 e. The minimum Gasteiger partial charge on any atom is -0.336 e. The van der Waals surface area contributed by atoms with Crippen LogP contribution in [-0.4, -0.2) is 70.4 Å². The minimum atomic E-state index is -3.63. The second-order valence-corrected chi connectivity index (χ2v) is 12.7. The Bertz CT molecular complexity index is 1310. The molecular weight excluding hydrogens is 462 g/mol. The van der Waals surface area contributed by atoms with E-state index >= 15 is 0 Å². The van der Waals surface area contributed by atoms with Gasteiger partial charge in [0, 0.05) is 37.8 Å². The number of benzene rings is 2. The molecule has 4 rings (SSSR count). The van der Waals surface area contributed by atoms with Gasteiger partial charge in [0.15, 0.2) is 0 Å². The first-order valence-electron chi connectivity index (χ1n) is 10.9. The number of sulfonamides is 2. The molecule has 2 aromatic rings. The predicted octanol–water partition coefficient (Wildman–Crippen LogP) is 2.16. The Hall–Kier alpha value is -2.43. The molecule has 0 N–H and O–H groups in total. The summed E-state index contributed by atoms with van der Waals surface area (Å²) in [6.07, 6.45) is 1.73. The van der Waals surface area contributed by atoms with Crippen molar-refractivity contribution in [3.05, 3.63) is 58.7 Å². The zero-order chi connectivity index (χ0) is 24.1. The molecule has 0 saturated carbocycles. The molecule has 1 unspecified atom stereocenters. The highest BCUT2D eigenvalue weighted by Gasteiger charge is 2.34. The molecule has 2 aliphatic rings. The summed E-state index contributed by atoms with van der Waals surface area (Å²) >= 11 is 0. The maximum atomic E-state index is 13.1. The van der Waals surface area contributed by atoms with E-state index in [-0.39, 0.29) is 25.0 Å². The molecule has 1 amide bonds. The Kier molecular flexibility index (Phi) is 6.05. The van der Waals surface area contributed by atoms with Crippen LogP contribution < -0.4 is 4.31 Å². The number of carbonyl (C=O) groups is 1. The van der Waals surface area contributed by atoms with E-state index in [2.05, 4.69) is 0 Å². The molecule has 1 fully saturated rings. The van der Waals surface area contributed by atoms with Gasteiger partial charge in [0.1, 0.15) is 0 Å². The van der Waals surface area contributed by atoms with Gasteiger partial charge in [-0.3, -0.25) is 9.10 Å². The minimum absolute atomic E-state index is 0.174. The molecule has 2 aromatic carbocycles. The van der Waals surface area contributed by atoms with E-state index in [4.69, 9.17) is 0 Å². The fraction of sp³-hybridized carbons (Fsp3) is 0.435. The average molecular weight is 492 g/mol. The van der Waals surface area contributed by atoms with Crippen LogP contribution in [0.1, 0.15) is 34.0 Å². The second-order valence-electron chi connectivity index (χ2n) is 8.92. The number of carbonyl (C=O) groups excluding carboxylic acids is 1. The molecule has 178 valence electrons. The van der Waals surface area contributed by atoms with E-state index in [0.29, 0.717) is 41.2 Å². The highest BCUT2D eigenvalue weighted by atomic mass is 32.2. The van der Waals surface area contributed by atoms with Crippen molar-refractivity contribution in [2.24, 2.45) is 0 Å². The van der Waals surface area contributed by atoms with E-state index in [9.17, 15) is 21.6 Å². The smallest absolute Gasteiger partial charge is 0.253 e. The van der Waals surface area contributed by atoms with Crippen LogP contribution >= 0.6 is 0 Å². The normalized spacial score (nSPS) is 19.6. The molecule has 0 aromatic heterocycles. The summed E-state index contributed by atoms with van der Waals surface area (Å²) in [7, 11) is -7.02. The zero-order valence-corrected chi connectivity index (χ0v) is 20.9. The Balaban J connectivity index is 1.49. The number of amides is 1. The molecule has 33 heavy (non-hydrogen) atoms. The van der Waals surface area contributed by atoms with Gasteiger partial charge in [-0.2, -0.15) is 4.31 Å². The van der Waals surface area contributed by atoms with Crippen LogP contribution in [0.15, 0.2) is 41.3 Å². The molecule has 0 radical (unpaired) electrons. The summed E-state index contributed by atoms with van der Waals surface area (Å²) in [6.45, 7) is 6.54. The summed E-state index contributed by atoms with van der Waals surface area (Å²) in [5.74, 6) is -0.174. The molecule has 1 saturated heterocycles. The van der Waals surface area contributed by atoms with Crippen molar-refractivity contribution in [3.8, 4) is 0 Å². The van der Waals surface area contributed by atoms with Crippen LogP contribution in [0.25, 0.3) is 0 Å². The van der Waals surface area contributed by atoms with E-state index in [1.165, 1.54) is 14.9 Å². The third-order valence-corrected chi connectivity index (χ3v) is 9.64. The predicted molar refractivity (Wildman–Crippen MR) is 128 cm³/mol. The Morgan fingerprint density at radius 2 is 1.61 bits per heavy atom. The molecule has 10 heteroatoms. The molecule has 1 atom stereocenters. The van der Waals surface area contributed by atoms with Crippen molar-refractivity contribution in [2.45, 2.75) is 38.1 Å². The van der Waals surface area contributed by atoms with Crippen LogP contribution in [0.4, 0.5) is 5.69 Å². The first kappa shape index (κ1) is 23.7. The van der Waals surface area contributed by atoms with Crippen molar-refractivity contribution in [3.63, 3.8) is 0 Å². The highest BCUT2D eigenvalue weighted by Crippen LogP contribution is 2.35. The molecular formula is C23H29N3O5S2. The van der Waals surface area contributed by atoms with E-state index in [1.54, 1.807) is 36.1 Å². The van der Waals surface area contributed by atoms with Gasteiger partial charge in [0.05, 0.1) is 16.8 Å². The average Bonchev–Trinajstić information content (AvgIpc) is 3.10. The monoisotopic (exact) mass is 491 g/mol. The summed E-state index contributed by atoms with van der Waals surface area (Å²) in [6, 6.07) is 10.3. The van der Waals surface area contributed by atoms with Crippen LogP contribution in [0.3, 0.4) is 0 Å². The van der Waals surface area contributed by atoms with Gasteiger partial charge in [-0.15, -0.1) is 0 Å². The lowest BCUT2D eigenvalue weighted by molar-refractivity contribution is 0.0698. The van der Waals surface area contributed by atoms with Crippen LogP contribution in [0, 0.1) is 13.8 Å². The number of hydrogen-bond acceptors (Lipinski definition) is 5. The lowest BCUT2D eigenvalue weighted by Gasteiger charge is -2.34. The van der Waals surface area contributed by atoms with Gasteiger partial charge in [0.25, 0.3) is 5.91 Å². The molecule has 2 aliphatic heterocycles. The van der Waals surface area contributed by atoms with Gasteiger partial charge < -0.3 is 4.90 Å². The number of fused-ring (bicyclic) bond motifs is 1. The fourth-order valence-electron chi connectivity index (χ4n) is 4.68. The van der Waals surface area contributed by atoms with Gasteiger partial charge >= 0.3 is 0 Å². The number of piperazine rings is 1. The van der Waals surface area contributed by atoms with E-state index in [1.807, 2.05) is 26.0 Å². The summed E-state index contributed by atoms with van der Waals surface area (Å²) < 4.78 is 53.4. The number of nitrogens with zero attached hydrogens (tertiary/aromatic N) is 3. The zero-order valence-electron chi connectivity index (χ0n) is 19.3. The van der Waals surface area contributed by atoms with E-state index < -0.39 is 20.0 Å². The van der Waals surface area contributed by atoms with Crippen molar-refractivity contribution in [2.75, 3.05) is 36.7 Å². The number of rotatable bonds is 4. The van der Waals surface area contributed by atoms with Gasteiger partial charge in [-0.1, -0.05) is 12.1 Å². The van der Waals surface area contributed by atoms with Crippen molar-refractivity contribution < 1.29 is 21.6 Å². The summed E-state index contributed by atoms with van der Waals surface area (Å²) in [5.41, 5.74) is 3.52. The standard InChI is InChI=1S/C23H29N3O5S2/c1-16-5-6-17(2)22(13-16)33(30,31)25-11-9-24(10-12-25)23(27)19-7-8-21-20(15-19)14-18(3)26(21)32(4,28)29/h5-8,13,15,18H,9-12,14H2,1-4H3. The summed E-state index contributed by atoms with van der Waals surface area (Å²) in [5, 5.41) is 0. The van der Waals surface area contributed by atoms with Crippen LogP contribution in [0.5, 0.6) is 0 Å². The molecule has 2 heterocycles. The van der Waals surface area contributed by atoms with Gasteiger partial charge in [-0.05, 0) is 68.1 Å². The second kappa shape index (κ2) is 8.41. The van der Waals surface area contributed by atoms with Crippen molar-refractivity contribution >= 4 is 31.6 Å². The number of anilines is 1. The molecule has 8 nitrogen and oxygen atoms in total. The number of hydrogen-bond donors (Lipinski definition) is 0. The van der Waals surface area contributed by atoms with Crippen LogP contribution in [-0.2, 0) is 26.5 Å². The van der Waals surface area contributed by atoms with Crippen LogP contribution in [0.2, 0.25) is 0 Å². The first-order valence-corrected chi connectivity index (χ1v) is 14.2. The van der Waals surface area contributed by atoms with Crippen molar-refractivity contribution in [1.29, 1.82) is 0 Å². The van der Waals surface area contributed by atoms with E-state index in [0.717, 1.165) is 11.1 Å². The fourth-order valence-corrected chi connectivity index (χ4v) is 7.68. The largest absolute Gasteiger partial charge is 0.336 e. The third-order valence-electron chi connectivity index (χ3n) is 6.32. The summed E-state index contributed by atoms with van der Waals surface area (Å²) in [4.78, 5) is 15.1. The molecule has 0 spiro atoms. The topological polar surface area (TPSA) is 95.1 Å². The van der Waals surface area contributed by atoms with Gasteiger partial charge in [-0.25, -0.2) is 16.8 Å². The Morgan fingerprint density at radius 1 is 0.939 bits per heavy atom.